The van der Waals surface area contributed by atoms with Crippen LogP contribution in [-0.2, 0) is 11.3 Å². The van der Waals surface area contributed by atoms with Crippen molar-refractivity contribution in [2.24, 2.45) is 5.41 Å². The molecule has 1 aromatic carbocycles. The van der Waals surface area contributed by atoms with Crippen LogP contribution in [0.2, 0.25) is 0 Å². The van der Waals surface area contributed by atoms with Gasteiger partial charge in [0, 0.05) is 12.5 Å². The number of hydrogen-bond acceptors (Lipinski definition) is 3. The van der Waals surface area contributed by atoms with E-state index in [4.69, 9.17) is 9.47 Å². The highest BCUT2D eigenvalue weighted by molar-refractivity contribution is 7.80. The van der Waals surface area contributed by atoms with Crippen molar-refractivity contribution in [1.29, 1.82) is 0 Å². The molecule has 0 aliphatic heterocycles. The highest BCUT2D eigenvalue weighted by Gasteiger charge is 2.27. The number of hydrogen-bond donors (Lipinski definition) is 1. The van der Waals surface area contributed by atoms with E-state index in [1.54, 1.807) is 7.11 Å². The maximum Gasteiger partial charge on any atom is 0.119 e. The van der Waals surface area contributed by atoms with Crippen molar-refractivity contribution in [3.05, 3.63) is 29.8 Å². The summed E-state index contributed by atoms with van der Waals surface area (Å²) in [6.45, 7) is 5.83. The van der Waals surface area contributed by atoms with Gasteiger partial charge in [0.2, 0.25) is 0 Å². The summed E-state index contributed by atoms with van der Waals surface area (Å²) in [5.74, 6) is 1.81. The first-order chi connectivity index (χ1) is 9.69. The molecule has 0 aliphatic rings. The van der Waals surface area contributed by atoms with Crippen molar-refractivity contribution in [1.82, 2.24) is 0 Å². The minimum Gasteiger partial charge on any atom is -0.493 e. The van der Waals surface area contributed by atoms with Crippen LogP contribution in [0.25, 0.3) is 0 Å². The van der Waals surface area contributed by atoms with E-state index in [1.165, 1.54) is 25.7 Å². The third kappa shape index (κ3) is 5.37. The highest BCUT2D eigenvalue weighted by atomic mass is 32.1. The maximum absolute atomic E-state index is 6.05. The Morgan fingerprint density at radius 1 is 1.15 bits per heavy atom. The van der Waals surface area contributed by atoms with Crippen LogP contribution in [0, 0.1) is 5.41 Å². The van der Waals surface area contributed by atoms with E-state index < -0.39 is 0 Å². The Bertz CT molecular complexity index is 373. The van der Waals surface area contributed by atoms with E-state index in [0.29, 0.717) is 6.61 Å². The van der Waals surface area contributed by atoms with E-state index in [1.807, 2.05) is 12.1 Å². The second kappa shape index (κ2) is 9.30. The molecule has 20 heavy (non-hydrogen) atoms. The number of ether oxygens (including phenoxy) is 2. The first kappa shape index (κ1) is 17.4. The van der Waals surface area contributed by atoms with Gasteiger partial charge in [0.25, 0.3) is 0 Å². The number of methoxy groups -OCH3 is 1. The van der Waals surface area contributed by atoms with Gasteiger partial charge in [-0.15, -0.1) is 0 Å². The lowest BCUT2D eigenvalue weighted by Gasteiger charge is -2.31. The number of rotatable bonds is 10. The molecule has 114 valence electrons. The molecule has 0 aromatic heterocycles. The lowest BCUT2D eigenvalue weighted by molar-refractivity contribution is 0.143. The average molecular weight is 296 g/mol. The van der Waals surface area contributed by atoms with E-state index in [0.717, 1.165) is 23.7 Å². The Hall–Kier alpha value is -0.670. The van der Waals surface area contributed by atoms with Crippen LogP contribution in [0.3, 0.4) is 0 Å². The Balaban J connectivity index is 2.68. The van der Waals surface area contributed by atoms with Crippen LogP contribution in [-0.4, -0.2) is 19.5 Å². The standard InChI is InChI=1S/C17H28O2S/c1-4-9-17(14-20,10-5-2)13-19-16-8-6-7-15(11-16)12-18-3/h6-8,11,20H,4-5,9-10,12-14H2,1-3H3. The summed E-state index contributed by atoms with van der Waals surface area (Å²) in [6, 6.07) is 8.15. The molecule has 0 saturated heterocycles. The molecular formula is C17H28O2S. The summed E-state index contributed by atoms with van der Waals surface area (Å²) in [4.78, 5) is 0. The minimum absolute atomic E-state index is 0.198. The summed E-state index contributed by atoms with van der Waals surface area (Å²) >= 11 is 4.57. The van der Waals surface area contributed by atoms with Gasteiger partial charge in [-0.05, 0) is 36.3 Å². The van der Waals surface area contributed by atoms with Crippen molar-refractivity contribution < 1.29 is 9.47 Å². The Kier molecular flexibility index (Phi) is 8.08. The molecule has 0 unspecified atom stereocenters. The van der Waals surface area contributed by atoms with Gasteiger partial charge in [0.05, 0.1) is 13.2 Å². The number of thiol groups is 1. The first-order valence-electron chi connectivity index (χ1n) is 7.51. The van der Waals surface area contributed by atoms with Crippen molar-refractivity contribution in [2.75, 3.05) is 19.5 Å². The van der Waals surface area contributed by atoms with Crippen LogP contribution in [0.4, 0.5) is 0 Å². The lowest BCUT2D eigenvalue weighted by Crippen LogP contribution is -2.30. The smallest absolute Gasteiger partial charge is 0.119 e. The van der Waals surface area contributed by atoms with Crippen molar-refractivity contribution >= 4 is 12.6 Å². The van der Waals surface area contributed by atoms with Gasteiger partial charge >= 0.3 is 0 Å². The quantitative estimate of drug-likeness (QED) is 0.629. The predicted octanol–water partition coefficient (Wildman–Crippen LogP) is 4.73. The molecule has 0 aliphatic carbocycles. The summed E-state index contributed by atoms with van der Waals surface area (Å²) < 4.78 is 11.2. The summed E-state index contributed by atoms with van der Waals surface area (Å²) in [5.41, 5.74) is 1.34. The van der Waals surface area contributed by atoms with Crippen LogP contribution in [0.1, 0.15) is 45.1 Å². The zero-order valence-electron chi connectivity index (χ0n) is 13.0. The van der Waals surface area contributed by atoms with Gasteiger partial charge in [-0.1, -0.05) is 38.8 Å². The largest absolute Gasteiger partial charge is 0.493 e. The molecule has 0 radical (unpaired) electrons. The second-order valence-electron chi connectivity index (χ2n) is 5.53. The van der Waals surface area contributed by atoms with Gasteiger partial charge in [-0.2, -0.15) is 12.6 Å². The summed E-state index contributed by atoms with van der Waals surface area (Å²) in [7, 11) is 1.71. The van der Waals surface area contributed by atoms with Gasteiger partial charge in [0.15, 0.2) is 0 Å². The van der Waals surface area contributed by atoms with Gasteiger partial charge < -0.3 is 9.47 Å². The first-order valence-corrected chi connectivity index (χ1v) is 8.14. The molecule has 0 fully saturated rings. The Morgan fingerprint density at radius 2 is 1.85 bits per heavy atom. The maximum atomic E-state index is 6.05. The van der Waals surface area contributed by atoms with Crippen molar-refractivity contribution in [3.63, 3.8) is 0 Å². The van der Waals surface area contributed by atoms with E-state index in [-0.39, 0.29) is 5.41 Å². The summed E-state index contributed by atoms with van der Waals surface area (Å²) in [5, 5.41) is 0. The number of benzene rings is 1. The molecule has 0 spiro atoms. The predicted molar refractivity (Wildman–Crippen MR) is 88.8 cm³/mol. The van der Waals surface area contributed by atoms with Gasteiger partial charge in [-0.3, -0.25) is 0 Å². The molecule has 0 atom stereocenters. The zero-order valence-corrected chi connectivity index (χ0v) is 13.9. The van der Waals surface area contributed by atoms with Crippen LogP contribution >= 0.6 is 12.6 Å². The minimum atomic E-state index is 0.198. The molecular weight excluding hydrogens is 268 g/mol. The second-order valence-corrected chi connectivity index (χ2v) is 5.84. The van der Waals surface area contributed by atoms with E-state index >= 15 is 0 Å². The lowest BCUT2D eigenvalue weighted by atomic mass is 9.82. The van der Waals surface area contributed by atoms with Crippen molar-refractivity contribution in [3.8, 4) is 5.75 Å². The normalized spacial score (nSPS) is 11.6. The third-order valence-electron chi connectivity index (χ3n) is 3.65. The highest BCUT2D eigenvalue weighted by Crippen LogP contribution is 2.32. The molecule has 0 N–H and O–H groups in total. The van der Waals surface area contributed by atoms with Gasteiger partial charge in [-0.25, -0.2) is 0 Å². The van der Waals surface area contributed by atoms with Crippen LogP contribution < -0.4 is 4.74 Å². The molecule has 1 rings (SSSR count). The molecule has 0 heterocycles. The molecule has 3 heteroatoms. The molecule has 2 nitrogen and oxygen atoms in total. The fraction of sp³-hybridized carbons (Fsp3) is 0.647. The summed E-state index contributed by atoms with van der Waals surface area (Å²) in [6.07, 6.45) is 4.69. The third-order valence-corrected chi connectivity index (χ3v) is 4.32. The zero-order chi connectivity index (χ0) is 14.8. The van der Waals surface area contributed by atoms with E-state index in [9.17, 15) is 0 Å². The Labute approximate surface area is 129 Å². The fourth-order valence-corrected chi connectivity index (χ4v) is 3.07. The van der Waals surface area contributed by atoms with Crippen molar-refractivity contribution in [2.45, 2.75) is 46.1 Å². The van der Waals surface area contributed by atoms with E-state index in [2.05, 4.69) is 38.6 Å². The molecule has 1 aromatic rings. The van der Waals surface area contributed by atoms with Crippen LogP contribution in [0.15, 0.2) is 24.3 Å². The topological polar surface area (TPSA) is 18.5 Å². The van der Waals surface area contributed by atoms with Gasteiger partial charge in [0.1, 0.15) is 5.75 Å². The molecule has 0 bridgehead atoms. The fourth-order valence-electron chi connectivity index (χ4n) is 2.66. The molecule has 0 amide bonds. The monoisotopic (exact) mass is 296 g/mol. The average Bonchev–Trinajstić information content (AvgIpc) is 2.46. The molecule has 0 saturated carbocycles. The van der Waals surface area contributed by atoms with Crippen LogP contribution in [0.5, 0.6) is 5.75 Å². The SMILES string of the molecule is CCCC(CS)(CCC)COc1cccc(COC)c1. The Morgan fingerprint density at radius 3 is 2.40 bits per heavy atom.